The summed E-state index contributed by atoms with van der Waals surface area (Å²) in [7, 11) is 0. The van der Waals surface area contributed by atoms with Crippen LogP contribution in [-0.4, -0.2) is 22.9 Å². The normalized spacial score (nSPS) is 33.0. The van der Waals surface area contributed by atoms with E-state index in [1.54, 1.807) is 0 Å². The van der Waals surface area contributed by atoms with E-state index >= 15 is 0 Å². The fourth-order valence-corrected chi connectivity index (χ4v) is 6.27. The van der Waals surface area contributed by atoms with E-state index in [9.17, 15) is 9.65 Å². The first-order valence-electron chi connectivity index (χ1n) is 11.9. The SMILES string of the molecule is C=C(C1CC(F)C1)N(CC12CCC(c3nc(C4CC4)no3)(CC1)C2)c1cccc(C#N)c1. The van der Waals surface area contributed by atoms with Gasteiger partial charge in [0.25, 0.3) is 0 Å². The predicted molar refractivity (Wildman–Crippen MR) is 119 cm³/mol. The molecule has 5 nitrogen and oxygen atoms in total. The molecule has 0 spiro atoms. The van der Waals surface area contributed by atoms with E-state index in [0.29, 0.717) is 24.3 Å². The van der Waals surface area contributed by atoms with Crippen molar-refractivity contribution in [3.05, 3.63) is 53.8 Å². The minimum atomic E-state index is -0.717. The van der Waals surface area contributed by atoms with Crippen molar-refractivity contribution in [2.75, 3.05) is 11.4 Å². The first kappa shape index (κ1) is 20.0. The van der Waals surface area contributed by atoms with E-state index in [0.717, 1.165) is 61.7 Å². The number of hydrogen-bond acceptors (Lipinski definition) is 5. The highest BCUT2D eigenvalue weighted by Crippen LogP contribution is 2.62. The molecular formula is C26H29FN4O. The largest absolute Gasteiger partial charge is 0.345 e. The zero-order valence-electron chi connectivity index (χ0n) is 18.4. The molecule has 6 rings (SSSR count). The Kier molecular flexibility index (Phi) is 4.47. The number of nitrogens with zero attached hydrogens (tertiary/aromatic N) is 4. The average Bonchev–Trinajstić information content (AvgIpc) is 3.24. The second-order valence-electron chi connectivity index (χ2n) is 10.7. The highest BCUT2D eigenvalue weighted by molar-refractivity contribution is 5.56. The molecule has 1 aromatic heterocycles. The molecule has 4 saturated carbocycles. The maximum Gasteiger partial charge on any atom is 0.232 e. The molecule has 4 aliphatic rings. The van der Waals surface area contributed by atoms with Crippen LogP contribution in [0, 0.1) is 22.7 Å². The molecule has 0 aliphatic heterocycles. The van der Waals surface area contributed by atoms with Crippen molar-refractivity contribution >= 4 is 5.69 Å². The Balaban J connectivity index is 1.27. The number of nitriles is 1. The molecule has 0 saturated heterocycles. The van der Waals surface area contributed by atoms with Crippen molar-refractivity contribution in [1.29, 1.82) is 5.26 Å². The van der Waals surface area contributed by atoms with Crippen LogP contribution in [-0.2, 0) is 5.41 Å². The fraction of sp³-hybridized carbons (Fsp3) is 0.577. The van der Waals surface area contributed by atoms with E-state index in [-0.39, 0.29) is 16.7 Å². The monoisotopic (exact) mass is 432 g/mol. The molecule has 0 atom stereocenters. The molecule has 0 N–H and O–H groups in total. The molecule has 2 aromatic rings. The topological polar surface area (TPSA) is 66.0 Å². The van der Waals surface area contributed by atoms with Gasteiger partial charge in [-0.05, 0) is 81.4 Å². The summed E-state index contributed by atoms with van der Waals surface area (Å²) in [6.07, 6.45) is 8.17. The van der Waals surface area contributed by atoms with Crippen LogP contribution in [0.3, 0.4) is 0 Å². The Morgan fingerprint density at radius 1 is 1.25 bits per heavy atom. The van der Waals surface area contributed by atoms with Crippen LogP contribution in [0.5, 0.6) is 0 Å². The van der Waals surface area contributed by atoms with Gasteiger partial charge in [-0.3, -0.25) is 0 Å². The predicted octanol–water partition coefficient (Wildman–Crippen LogP) is 5.79. The Hall–Kier alpha value is -2.68. The van der Waals surface area contributed by atoms with Crippen molar-refractivity contribution in [2.24, 2.45) is 11.3 Å². The third-order valence-corrected chi connectivity index (χ3v) is 8.50. The maximum absolute atomic E-state index is 13.6. The number of anilines is 1. The van der Waals surface area contributed by atoms with Crippen LogP contribution in [0.15, 0.2) is 41.1 Å². The van der Waals surface area contributed by atoms with Crippen LogP contribution in [0.2, 0.25) is 0 Å². The summed E-state index contributed by atoms with van der Waals surface area (Å²) in [6.45, 7) is 5.25. The summed E-state index contributed by atoms with van der Waals surface area (Å²) in [5.74, 6) is 2.42. The van der Waals surface area contributed by atoms with Gasteiger partial charge < -0.3 is 9.42 Å². The van der Waals surface area contributed by atoms with E-state index in [1.165, 1.54) is 12.8 Å². The van der Waals surface area contributed by atoms with Gasteiger partial charge in [-0.1, -0.05) is 17.8 Å². The first-order valence-corrected chi connectivity index (χ1v) is 11.9. The lowest BCUT2D eigenvalue weighted by Crippen LogP contribution is -2.40. The smallest absolute Gasteiger partial charge is 0.232 e. The average molecular weight is 433 g/mol. The lowest BCUT2D eigenvalue weighted by atomic mass is 9.79. The van der Waals surface area contributed by atoms with Crippen LogP contribution in [0.25, 0.3) is 0 Å². The lowest BCUT2D eigenvalue weighted by molar-refractivity contribution is 0.151. The number of alkyl halides is 1. The van der Waals surface area contributed by atoms with Gasteiger partial charge in [0.05, 0.1) is 17.0 Å². The molecule has 0 unspecified atom stereocenters. The Labute approximate surface area is 188 Å². The Morgan fingerprint density at radius 2 is 2.03 bits per heavy atom. The van der Waals surface area contributed by atoms with Crippen LogP contribution in [0.1, 0.15) is 81.0 Å². The fourth-order valence-electron chi connectivity index (χ4n) is 6.27. The highest BCUT2D eigenvalue weighted by atomic mass is 19.1. The minimum Gasteiger partial charge on any atom is -0.345 e. The third kappa shape index (κ3) is 3.25. The quantitative estimate of drug-likeness (QED) is 0.554. The van der Waals surface area contributed by atoms with Gasteiger partial charge in [-0.2, -0.15) is 10.2 Å². The molecule has 0 amide bonds. The molecule has 0 radical (unpaired) electrons. The standard InChI is InChI=1S/C26H29FN4O/c1-17(20-12-21(27)13-20)31(22-4-2-3-18(11-22)14-28)16-25-7-9-26(15-25,10-8-25)24-29-23(30-32-24)19-5-6-19/h2-4,11,19-21H,1,5-10,12-13,15-16H2. The summed E-state index contributed by atoms with van der Waals surface area (Å²) in [5, 5.41) is 13.7. The maximum atomic E-state index is 13.6. The van der Waals surface area contributed by atoms with Gasteiger partial charge >= 0.3 is 0 Å². The Morgan fingerprint density at radius 3 is 2.72 bits per heavy atom. The van der Waals surface area contributed by atoms with Gasteiger partial charge in [0.2, 0.25) is 5.89 Å². The van der Waals surface area contributed by atoms with Gasteiger partial charge in [0.15, 0.2) is 5.82 Å². The number of hydrogen-bond donors (Lipinski definition) is 0. The molecule has 1 heterocycles. The Bertz CT molecular complexity index is 1080. The summed E-state index contributed by atoms with van der Waals surface area (Å²) in [4.78, 5) is 7.10. The lowest BCUT2D eigenvalue weighted by Gasteiger charge is -2.42. The number of benzene rings is 1. The first-order chi connectivity index (χ1) is 15.5. The molecule has 1 aromatic carbocycles. The van der Waals surface area contributed by atoms with Crippen molar-refractivity contribution < 1.29 is 8.91 Å². The number of fused-ring (bicyclic) bond motifs is 2. The zero-order valence-corrected chi connectivity index (χ0v) is 18.4. The van der Waals surface area contributed by atoms with E-state index in [4.69, 9.17) is 9.51 Å². The summed E-state index contributed by atoms with van der Waals surface area (Å²) in [6, 6.07) is 9.99. The molecule has 2 bridgehead atoms. The van der Waals surface area contributed by atoms with Crippen LogP contribution >= 0.6 is 0 Å². The highest BCUT2D eigenvalue weighted by Gasteiger charge is 2.58. The van der Waals surface area contributed by atoms with E-state index in [2.05, 4.69) is 22.7 Å². The van der Waals surface area contributed by atoms with Crippen molar-refractivity contribution in [3.8, 4) is 6.07 Å². The second kappa shape index (κ2) is 7.16. The van der Waals surface area contributed by atoms with Gasteiger partial charge in [-0.25, -0.2) is 4.39 Å². The van der Waals surface area contributed by atoms with Crippen molar-refractivity contribution in [3.63, 3.8) is 0 Å². The number of allylic oxidation sites excluding steroid dienone is 1. The summed E-state index contributed by atoms with van der Waals surface area (Å²) >= 11 is 0. The van der Waals surface area contributed by atoms with E-state index in [1.807, 2.05) is 24.3 Å². The molecule has 4 aliphatic carbocycles. The summed E-state index contributed by atoms with van der Waals surface area (Å²) in [5.41, 5.74) is 2.77. The van der Waals surface area contributed by atoms with Crippen LogP contribution < -0.4 is 4.90 Å². The summed E-state index contributed by atoms with van der Waals surface area (Å²) < 4.78 is 19.4. The minimum absolute atomic E-state index is 0.00213. The molecule has 6 heteroatoms. The van der Waals surface area contributed by atoms with Crippen molar-refractivity contribution in [2.45, 2.75) is 75.3 Å². The third-order valence-electron chi connectivity index (χ3n) is 8.50. The number of halogens is 1. The van der Waals surface area contributed by atoms with Gasteiger partial charge in [-0.15, -0.1) is 0 Å². The van der Waals surface area contributed by atoms with Gasteiger partial charge in [0.1, 0.15) is 6.17 Å². The molecular weight excluding hydrogens is 403 g/mol. The molecule has 32 heavy (non-hydrogen) atoms. The number of aromatic nitrogens is 2. The van der Waals surface area contributed by atoms with Crippen molar-refractivity contribution in [1.82, 2.24) is 10.1 Å². The van der Waals surface area contributed by atoms with E-state index < -0.39 is 6.17 Å². The van der Waals surface area contributed by atoms with Crippen LogP contribution in [0.4, 0.5) is 10.1 Å². The number of rotatable bonds is 7. The molecule has 166 valence electrons. The molecule has 4 fully saturated rings. The van der Waals surface area contributed by atoms with Gasteiger partial charge in [0, 0.05) is 29.8 Å². The second-order valence-corrected chi connectivity index (χ2v) is 10.7. The zero-order chi connectivity index (χ0) is 21.9.